The number of nitrogens with zero attached hydrogens (tertiary/aromatic N) is 2. The summed E-state index contributed by atoms with van der Waals surface area (Å²) in [6, 6.07) is 15.8. The summed E-state index contributed by atoms with van der Waals surface area (Å²) < 4.78 is 0. The third kappa shape index (κ3) is 4.46. The Labute approximate surface area is 186 Å². The van der Waals surface area contributed by atoms with Crippen LogP contribution in [-0.4, -0.2) is 41.8 Å². The molecule has 3 aromatic rings. The number of nitrogen functional groups attached to an aromatic ring is 1. The average molecular weight is 435 g/mol. The first kappa shape index (κ1) is 21.1. The fourth-order valence-electron chi connectivity index (χ4n) is 4.36. The number of anilines is 1. The zero-order valence-electron chi connectivity index (χ0n) is 17.5. The second kappa shape index (κ2) is 8.89. The Balaban J connectivity index is 1.60. The van der Waals surface area contributed by atoms with Gasteiger partial charge in [0.15, 0.2) is 0 Å². The maximum atomic E-state index is 13.1. The van der Waals surface area contributed by atoms with E-state index in [2.05, 4.69) is 39.9 Å². The summed E-state index contributed by atoms with van der Waals surface area (Å²) in [5.41, 5.74) is 7.71. The molecule has 0 radical (unpaired) electrons. The van der Waals surface area contributed by atoms with Crippen molar-refractivity contribution in [1.29, 1.82) is 0 Å². The largest absolute Gasteiger partial charge is 0.384 e. The van der Waals surface area contributed by atoms with Gasteiger partial charge in [0, 0.05) is 31.2 Å². The minimum Gasteiger partial charge on any atom is -0.384 e. The number of benzene rings is 1. The first-order valence-electron chi connectivity index (χ1n) is 10.4. The molecule has 1 atom stereocenters. The number of carbonyl (C=O) groups excluding carboxylic acids is 2. The molecule has 3 heterocycles. The van der Waals surface area contributed by atoms with E-state index in [1.54, 1.807) is 35.4 Å². The number of hydrogen-bond acceptors (Lipinski definition) is 5. The number of rotatable bonds is 5. The zero-order chi connectivity index (χ0) is 21.8. The van der Waals surface area contributed by atoms with Crippen LogP contribution in [-0.2, 0) is 11.2 Å². The molecule has 0 aliphatic carbocycles. The van der Waals surface area contributed by atoms with Crippen molar-refractivity contribution in [3.63, 3.8) is 0 Å². The lowest BCUT2D eigenvalue weighted by molar-refractivity contribution is -0.133. The lowest BCUT2D eigenvalue weighted by atomic mass is 9.74. The van der Waals surface area contributed by atoms with Gasteiger partial charge in [-0.3, -0.25) is 9.59 Å². The maximum absolute atomic E-state index is 13.1. The third-order valence-corrected chi connectivity index (χ3v) is 6.80. The molecule has 1 unspecified atom stereocenters. The van der Waals surface area contributed by atoms with E-state index in [0.29, 0.717) is 30.9 Å². The molecular formula is C24H26N4O2S. The minimum atomic E-state index is -0.669. The minimum absolute atomic E-state index is 0.0260. The van der Waals surface area contributed by atoms with Crippen molar-refractivity contribution >= 4 is 29.0 Å². The first-order valence-corrected chi connectivity index (χ1v) is 11.2. The van der Waals surface area contributed by atoms with Gasteiger partial charge in [0.05, 0.1) is 11.0 Å². The number of likely N-dealkylation sites (tertiary alicyclic amines) is 1. The molecule has 1 saturated heterocycles. The molecule has 6 nitrogen and oxygen atoms in total. The number of thiophene rings is 1. The summed E-state index contributed by atoms with van der Waals surface area (Å²) in [6.45, 7) is 0.996. The van der Waals surface area contributed by atoms with Crippen molar-refractivity contribution in [2.45, 2.75) is 19.3 Å². The molecule has 0 saturated carbocycles. The van der Waals surface area contributed by atoms with Crippen LogP contribution in [0.3, 0.4) is 0 Å². The van der Waals surface area contributed by atoms with E-state index >= 15 is 0 Å². The van der Waals surface area contributed by atoms with Crippen molar-refractivity contribution in [3.8, 4) is 10.4 Å². The monoisotopic (exact) mass is 434 g/mol. The highest BCUT2D eigenvalue weighted by atomic mass is 32.1. The van der Waals surface area contributed by atoms with Gasteiger partial charge in [0.1, 0.15) is 5.82 Å². The van der Waals surface area contributed by atoms with Crippen molar-refractivity contribution < 1.29 is 9.59 Å². The molecule has 1 fully saturated rings. The topological polar surface area (TPSA) is 88.3 Å². The van der Waals surface area contributed by atoms with Crippen LogP contribution < -0.4 is 11.1 Å². The number of hydrogen-bond donors (Lipinski definition) is 2. The van der Waals surface area contributed by atoms with Crippen molar-refractivity contribution in [2.75, 3.05) is 25.9 Å². The summed E-state index contributed by atoms with van der Waals surface area (Å²) in [7, 11) is 1.66. The Morgan fingerprint density at radius 1 is 1.23 bits per heavy atom. The van der Waals surface area contributed by atoms with Gasteiger partial charge in [-0.1, -0.05) is 30.3 Å². The standard InChI is InChI=1S/C24H26N4O2S/c1-26-23(30)24(14-17-5-2-6-18(13-17)20-7-3-12-31-20)10-4-11-28(16-24)22(29)19-8-9-21(25)27-15-19/h2-3,5-9,12-13,15H,4,10-11,14,16H2,1H3,(H2,25,27)(H,26,30). The van der Waals surface area contributed by atoms with Crippen molar-refractivity contribution in [3.05, 3.63) is 71.2 Å². The van der Waals surface area contributed by atoms with Crippen LogP contribution in [0.15, 0.2) is 60.1 Å². The SMILES string of the molecule is CNC(=O)C1(Cc2cccc(-c3cccs3)c2)CCCN(C(=O)c2ccc(N)nc2)C1. The van der Waals surface area contributed by atoms with E-state index < -0.39 is 5.41 Å². The average Bonchev–Trinajstić information content (AvgIpc) is 3.34. The molecule has 1 aromatic carbocycles. The van der Waals surface area contributed by atoms with Gasteiger partial charge in [0.25, 0.3) is 5.91 Å². The third-order valence-electron chi connectivity index (χ3n) is 5.88. The van der Waals surface area contributed by atoms with Gasteiger partial charge >= 0.3 is 0 Å². The Bertz CT molecular complexity index is 1070. The Hall–Kier alpha value is -3.19. The molecule has 160 valence electrons. The normalized spacial score (nSPS) is 18.5. The highest BCUT2D eigenvalue weighted by molar-refractivity contribution is 7.13. The number of nitrogens with one attached hydrogen (secondary N) is 1. The molecular weight excluding hydrogens is 408 g/mol. The zero-order valence-corrected chi connectivity index (χ0v) is 18.3. The van der Waals surface area contributed by atoms with Crippen LogP contribution in [0.1, 0.15) is 28.8 Å². The first-order chi connectivity index (χ1) is 15.0. The Morgan fingerprint density at radius 3 is 2.81 bits per heavy atom. The highest BCUT2D eigenvalue weighted by Crippen LogP contribution is 2.36. The Morgan fingerprint density at radius 2 is 2.10 bits per heavy atom. The molecule has 1 aliphatic heterocycles. The van der Waals surface area contributed by atoms with E-state index in [4.69, 9.17) is 5.73 Å². The fraction of sp³-hybridized carbons (Fsp3) is 0.292. The number of amides is 2. The molecule has 2 amide bonds. The number of aromatic nitrogens is 1. The van der Waals surface area contributed by atoms with Crippen molar-refractivity contribution in [1.82, 2.24) is 15.2 Å². The second-order valence-electron chi connectivity index (χ2n) is 8.02. The predicted molar refractivity (Wildman–Crippen MR) is 124 cm³/mol. The van der Waals surface area contributed by atoms with Gasteiger partial charge in [-0.2, -0.15) is 0 Å². The van der Waals surface area contributed by atoms with Gasteiger partial charge in [-0.15, -0.1) is 11.3 Å². The molecule has 7 heteroatoms. The molecule has 4 rings (SSSR count). The highest BCUT2D eigenvalue weighted by Gasteiger charge is 2.43. The van der Waals surface area contributed by atoms with Crippen LogP contribution >= 0.6 is 11.3 Å². The molecule has 0 spiro atoms. The summed E-state index contributed by atoms with van der Waals surface area (Å²) in [4.78, 5) is 33.2. The molecule has 0 bridgehead atoms. The van der Waals surface area contributed by atoms with E-state index in [1.807, 2.05) is 12.1 Å². The van der Waals surface area contributed by atoms with Gasteiger partial charge in [0.2, 0.25) is 5.91 Å². The molecule has 31 heavy (non-hydrogen) atoms. The number of carbonyl (C=O) groups is 2. The van der Waals surface area contributed by atoms with Crippen molar-refractivity contribution in [2.24, 2.45) is 5.41 Å². The van der Waals surface area contributed by atoms with E-state index in [0.717, 1.165) is 24.0 Å². The molecule has 3 N–H and O–H groups in total. The molecule has 2 aromatic heterocycles. The molecule has 1 aliphatic rings. The summed E-state index contributed by atoms with van der Waals surface area (Å²) in [6.07, 6.45) is 3.58. The second-order valence-corrected chi connectivity index (χ2v) is 8.96. The lowest BCUT2D eigenvalue weighted by Gasteiger charge is -2.41. The van der Waals surface area contributed by atoms with Crippen LogP contribution in [0.4, 0.5) is 5.82 Å². The lowest BCUT2D eigenvalue weighted by Crippen LogP contribution is -2.54. The summed E-state index contributed by atoms with van der Waals surface area (Å²) in [5.74, 6) is 0.232. The van der Waals surface area contributed by atoms with Crippen LogP contribution in [0.5, 0.6) is 0 Å². The number of pyridine rings is 1. The van der Waals surface area contributed by atoms with E-state index in [-0.39, 0.29) is 11.8 Å². The fourth-order valence-corrected chi connectivity index (χ4v) is 5.09. The quantitative estimate of drug-likeness (QED) is 0.642. The summed E-state index contributed by atoms with van der Waals surface area (Å²) in [5, 5.41) is 4.90. The Kier molecular flexibility index (Phi) is 6.04. The number of nitrogens with two attached hydrogens (primary N) is 1. The van der Waals surface area contributed by atoms with Crippen LogP contribution in [0, 0.1) is 5.41 Å². The van der Waals surface area contributed by atoms with Crippen LogP contribution in [0.25, 0.3) is 10.4 Å². The predicted octanol–water partition coefficient (Wildman–Crippen LogP) is 3.60. The van der Waals surface area contributed by atoms with Crippen LogP contribution in [0.2, 0.25) is 0 Å². The van der Waals surface area contributed by atoms with Gasteiger partial charge < -0.3 is 16.0 Å². The van der Waals surface area contributed by atoms with Gasteiger partial charge in [-0.05, 0) is 54.0 Å². The smallest absolute Gasteiger partial charge is 0.255 e. The number of piperidine rings is 1. The van der Waals surface area contributed by atoms with E-state index in [1.165, 1.54) is 11.1 Å². The van der Waals surface area contributed by atoms with Gasteiger partial charge in [-0.25, -0.2) is 4.98 Å². The summed E-state index contributed by atoms with van der Waals surface area (Å²) >= 11 is 1.70. The maximum Gasteiger partial charge on any atom is 0.255 e. The van der Waals surface area contributed by atoms with E-state index in [9.17, 15) is 9.59 Å².